The molecule has 0 fully saturated rings. The molecule has 0 spiro atoms. The number of benzene rings is 2. The fourth-order valence-corrected chi connectivity index (χ4v) is 2.02. The second kappa shape index (κ2) is 4.73. The summed E-state index contributed by atoms with van der Waals surface area (Å²) >= 11 is 0. The third-order valence-corrected chi connectivity index (χ3v) is 3.02. The van der Waals surface area contributed by atoms with Gasteiger partial charge in [-0.3, -0.25) is 0 Å². The van der Waals surface area contributed by atoms with Crippen LogP contribution < -0.4 is 5.73 Å². The van der Waals surface area contributed by atoms with E-state index in [0.717, 1.165) is 11.1 Å². The number of rotatable bonds is 2. The SMILES string of the molecule is Cc1ccc(N)cc1-c1nnnn1-c1cccc(F)c1. The molecule has 0 radical (unpaired) electrons. The number of tetrazole rings is 1. The van der Waals surface area contributed by atoms with Gasteiger partial charge in [0.15, 0.2) is 5.82 Å². The van der Waals surface area contributed by atoms with Crippen LogP contribution in [-0.4, -0.2) is 20.2 Å². The van der Waals surface area contributed by atoms with Gasteiger partial charge in [-0.1, -0.05) is 12.1 Å². The van der Waals surface area contributed by atoms with Gasteiger partial charge in [-0.05, 0) is 53.2 Å². The second-order valence-corrected chi connectivity index (χ2v) is 4.47. The van der Waals surface area contributed by atoms with Gasteiger partial charge in [0.05, 0.1) is 5.69 Å². The highest BCUT2D eigenvalue weighted by molar-refractivity contribution is 5.66. The summed E-state index contributed by atoms with van der Waals surface area (Å²) in [7, 11) is 0. The minimum absolute atomic E-state index is 0.340. The van der Waals surface area contributed by atoms with Crippen LogP contribution in [0.5, 0.6) is 0 Å². The first-order valence-corrected chi connectivity index (χ1v) is 6.06. The third kappa shape index (κ3) is 2.11. The van der Waals surface area contributed by atoms with Gasteiger partial charge in [0.1, 0.15) is 5.82 Å². The number of halogens is 1. The fourth-order valence-electron chi connectivity index (χ4n) is 2.02. The van der Waals surface area contributed by atoms with E-state index in [1.807, 2.05) is 19.1 Å². The maximum Gasteiger partial charge on any atom is 0.187 e. The van der Waals surface area contributed by atoms with Crippen LogP contribution in [0.2, 0.25) is 0 Å². The molecule has 0 saturated heterocycles. The first kappa shape index (κ1) is 12.3. The summed E-state index contributed by atoms with van der Waals surface area (Å²) in [5.74, 6) is 0.189. The summed E-state index contributed by atoms with van der Waals surface area (Å²) in [6, 6.07) is 11.6. The average Bonchev–Trinajstić information content (AvgIpc) is 2.90. The van der Waals surface area contributed by atoms with E-state index in [1.165, 1.54) is 16.8 Å². The molecule has 3 rings (SSSR count). The van der Waals surface area contributed by atoms with Crippen molar-refractivity contribution in [2.24, 2.45) is 0 Å². The smallest absolute Gasteiger partial charge is 0.187 e. The van der Waals surface area contributed by atoms with E-state index in [2.05, 4.69) is 15.5 Å². The number of hydrogen-bond acceptors (Lipinski definition) is 4. The molecule has 3 aromatic rings. The van der Waals surface area contributed by atoms with Gasteiger partial charge in [-0.2, -0.15) is 4.68 Å². The minimum atomic E-state index is -0.340. The Balaban J connectivity index is 2.18. The molecule has 1 aromatic heterocycles. The van der Waals surface area contributed by atoms with Crippen LogP contribution in [0.4, 0.5) is 10.1 Å². The Morgan fingerprint density at radius 2 is 2.00 bits per heavy atom. The van der Waals surface area contributed by atoms with Crippen molar-refractivity contribution in [3.63, 3.8) is 0 Å². The van der Waals surface area contributed by atoms with E-state index < -0.39 is 0 Å². The van der Waals surface area contributed by atoms with Gasteiger partial charge in [-0.15, -0.1) is 5.10 Å². The number of nitrogen functional groups attached to an aromatic ring is 1. The lowest BCUT2D eigenvalue weighted by Gasteiger charge is -2.08. The topological polar surface area (TPSA) is 69.6 Å². The molecule has 2 aromatic carbocycles. The Labute approximate surface area is 114 Å². The molecule has 0 unspecified atom stereocenters. The predicted molar refractivity (Wildman–Crippen MR) is 73.7 cm³/mol. The standard InChI is InChI=1S/C14H12FN5/c1-9-5-6-11(16)8-13(9)14-17-18-19-20(14)12-4-2-3-10(15)7-12/h2-8H,16H2,1H3. The van der Waals surface area contributed by atoms with E-state index in [0.29, 0.717) is 17.2 Å². The van der Waals surface area contributed by atoms with Gasteiger partial charge in [0, 0.05) is 11.3 Å². The summed E-state index contributed by atoms with van der Waals surface area (Å²) in [6.45, 7) is 1.94. The molecule has 100 valence electrons. The first-order valence-electron chi connectivity index (χ1n) is 6.06. The largest absolute Gasteiger partial charge is 0.399 e. The number of nitrogens with zero attached hydrogens (tertiary/aromatic N) is 4. The van der Waals surface area contributed by atoms with Crippen LogP contribution in [0.3, 0.4) is 0 Å². The van der Waals surface area contributed by atoms with Crippen LogP contribution in [0.15, 0.2) is 42.5 Å². The van der Waals surface area contributed by atoms with Gasteiger partial charge in [0.2, 0.25) is 0 Å². The molecule has 0 aliphatic rings. The molecule has 0 aliphatic heterocycles. The van der Waals surface area contributed by atoms with Gasteiger partial charge in [-0.25, -0.2) is 4.39 Å². The monoisotopic (exact) mass is 269 g/mol. The molecule has 0 saturated carbocycles. The molecule has 5 nitrogen and oxygen atoms in total. The van der Waals surface area contributed by atoms with Crippen LogP contribution >= 0.6 is 0 Å². The number of hydrogen-bond donors (Lipinski definition) is 1. The van der Waals surface area contributed by atoms with Crippen molar-refractivity contribution < 1.29 is 4.39 Å². The average molecular weight is 269 g/mol. The van der Waals surface area contributed by atoms with Crippen molar-refractivity contribution in [2.75, 3.05) is 5.73 Å². The van der Waals surface area contributed by atoms with Crippen molar-refractivity contribution >= 4 is 5.69 Å². The highest BCUT2D eigenvalue weighted by Gasteiger charge is 2.13. The normalized spacial score (nSPS) is 10.7. The maximum absolute atomic E-state index is 13.3. The van der Waals surface area contributed by atoms with Gasteiger partial charge < -0.3 is 5.73 Å². The Morgan fingerprint density at radius 3 is 2.80 bits per heavy atom. The zero-order chi connectivity index (χ0) is 14.1. The third-order valence-electron chi connectivity index (χ3n) is 3.02. The lowest BCUT2D eigenvalue weighted by atomic mass is 10.1. The Morgan fingerprint density at radius 1 is 1.15 bits per heavy atom. The Hall–Kier alpha value is -2.76. The van der Waals surface area contributed by atoms with Crippen LogP contribution in [0.1, 0.15) is 5.56 Å². The van der Waals surface area contributed by atoms with E-state index in [-0.39, 0.29) is 5.82 Å². The van der Waals surface area contributed by atoms with Crippen molar-refractivity contribution in [3.8, 4) is 17.1 Å². The number of nitrogens with two attached hydrogens (primary N) is 1. The zero-order valence-corrected chi connectivity index (χ0v) is 10.8. The molecular weight excluding hydrogens is 257 g/mol. The van der Waals surface area contributed by atoms with Crippen molar-refractivity contribution in [3.05, 3.63) is 53.8 Å². The lowest BCUT2D eigenvalue weighted by molar-refractivity contribution is 0.625. The molecule has 2 N–H and O–H groups in total. The molecule has 20 heavy (non-hydrogen) atoms. The summed E-state index contributed by atoms with van der Waals surface area (Å²) in [5, 5.41) is 11.6. The molecule has 0 atom stereocenters. The maximum atomic E-state index is 13.3. The van der Waals surface area contributed by atoms with Crippen LogP contribution in [0.25, 0.3) is 17.1 Å². The quantitative estimate of drug-likeness (QED) is 0.725. The van der Waals surface area contributed by atoms with Crippen LogP contribution in [0, 0.1) is 12.7 Å². The van der Waals surface area contributed by atoms with Crippen molar-refractivity contribution in [1.82, 2.24) is 20.2 Å². The summed E-state index contributed by atoms with van der Waals surface area (Å²) in [6.07, 6.45) is 0. The summed E-state index contributed by atoms with van der Waals surface area (Å²) < 4.78 is 14.8. The minimum Gasteiger partial charge on any atom is -0.399 e. The number of anilines is 1. The molecular formula is C14H12FN5. The zero-order valence-electron chi connectivity index (χ0n) is 10.8. The fraction of sp³-hybridized carbons (Fsp3) is 0.0714. The highest BCUT2D eigenvalue weighted by Crippen LogP contribution is 2.25. The van der Waals surface area contributed by atoms with Crippen molar-refractivity contribution in [2.45, 2.75) is 6.92 Å². The van der Waals surface area contributed by atoms with E-state index in [9.17, 15) is 4.39 Å². The Kier molecular flexibility index (Phi) is 2.90. The van der Waals surface area contributed by atoms with Crippen LogP contribution in [-0.2, 0) is 0 Å². The summed E-state index contributed by atoms with van der Waals surface area (Å²) in [5.41, 5.74) is 8.81. The second-order valence-electron chi connectivity index (χ2n) is 4.47. The molecule has 6 heteroatoms. The molecule has 0 amide bonds. The van der Waals surface area contributed by atoms with Crippen molar-refractivity contribution in [1.29, 1.82) is 0 Å². The molecule has 1 heterocycles. The molecule has 0 aliphatic carbocycles. The first-order chi connectivity index (χ1) is 9.65. The Bertz CT molecular complexity index is 766. The molecule has 0 bridgehead atoms. The predicted octanol–water partition coefficient (Wildman–Crippen LogP) is 2.36. The van der Waals surface area contributed by atoms with Gasteiger partial charge >= 0.3 is 0 Å². The van der Waals surface area contributed by atoms with E-state index in [4.69, 9.17) is 5.73 Å². The van der Waals surface area contributed by atoms with Gasteiger partial charge in [0.25, 0.3) is 0 Å². The lowest BCUT2D eigenvalue weighted by Crippen LogP contribution is -2.01. The number of aryl methyl sites for hydroxylation is 1. The summed E-state index contributed by atoms with van der Waals surface area (Å²) in [4.78, 5) is 0. The van der Waals surface area contributed by atoms with E-state index in [1.54, 1.807) is 18.2 Å². The van der Waals surface area contributed by atoms with E-state index >= 15 is 0 Å². The number of aromatic nitrogens is 4. The highest BCUT2D eigenvalue weighted by atomic mass is 19.1.